The molecule has 0 saturated carbocycles. The van der Waals surface area contributed by atoms with Crippen molar-refractivity contribution in [3.63, 3.8) is 0 Å². The van der Waals surface area contributed by atoms with Crippen LogP contribution < -0.4 is 0 Å². The van der Waals surface area contributed by atoms with Crippen molar-refractivity contribution >= 4 is 17.4 Å². The Morgan fingerprint density at radius 3 is 2.50 bits per heavy atom. The van der Waals surface area contributed by atoms with Gasteiger partial charge in [0.15, 0.2) is 5.78 Å². The van der Waals surface area contributed by atoms with E-state index in [9.17, 15) is 4.79 Å². The molecule has 0 aromatic heterocycles. The van der Waals surface area contributed by atoms with Crippen LogP contribution in [0, 0.1) is 5.41 Å². The van der Waals surface area contributed by atoms with Gasteiger partial charge in [0.1, 0.15) is 0 Å². The lowest BCUT2D eigenvalue weighted by atomic mass is 9.85. The normalized spacial score (nSPS) is 11.1. The molecule has 0 aliphatic carbocycles. The van der Waals surface area contributed by atoms with Crippen LogP contribution in [0.3, 0.4) is 0 Å². The zero-order valence-corrected chi connectivity index (χ0v) is 7.24. The Hall–Kier alpha value is -0.300. The highest BCUT2D eigenvalue weighted by Crippen LogP contribution is 2.22. The van der Waals surface area contributed by atoms with Crippen molar-refractivity contribution < 1.29 is 4.79 Å². The molecule has 10 heavy (non-hydrogen) atoms. The van der Waals surface area contributed by atoms with E-state index in [0.717, 1.165) is 0 Å². The van der Waals surface area contributed by atoms with E-state index in [0.29, 0.717) is 6.42 Å². The van der Waals surface area contributed by atoms with E-state index in [2.05, 4.69) is 6.58 Å². The molecule has 58 valence electrons. The summed E-state index contributed by atoms with van der Waals surface area (Å²) in [6, 6.07) is 0. The quantitative estimate of drug-likeness (QED) is 0.456. The number of hydrogen-bond acceptors (Lipinski definition) is 1. The molecule has 0 aliphatic heterocycles. The number of alkyl halides is 1. The Balaban J connectivity index is 4.08. The van der Waals surface area contributed by atoms with Crippen LogP contribution in [0.15, 0.2) is 12.7 Å². The van der Waals surface area contributed by atoms with Gasteiger partial charge in [-0.1, -0.05) is 19.9 Å². The highest BCUT2D eigenvalue weighted by molar-refractivity contribution is 6.28. The monoisotopic (exact) mass is 160 g/mol. The summed E-state index contributed by atoms with van der Waals surface area (Å²) in [5.41, 5.74) is -0.330. The third-order valence-corrected chi connectivity index (χ3v) is 1.77. The summed E-state index contributed by atoms with van der Waals surface area (Å²) in [5, 5.41) is 0. The summed E-state index contributed by atoms with van der Waals surface area (Å²) in [6.45, 7) is 7.32. The smallest absolute Gasteiger partial charge is 0.153 e. The van der Waals surface area contributed by atoms with Crippen molar-refractivity contribution in [3.05, 3.63) is 12.7 Å². The summed E-state index contributed by atoms with van der Waals surface area (Å²) in [6.07, 6.45) is 2.43. The van der Waals surface area contributed by atoms with Gasteiger partial charge in [-0.25, -0.2) is 0 Å². The first kappa shape index (κ1) is 9.70. The Kier molecular flexibility index (Phi) is 3.66. The summed E-state index contributed by atoms with van der Waals surface area (Å²) in [5.74, 6) is 0.176. The lowest BCUT2D eigenvalue weighted by Gasteiger charge is -2.18. The largest absolute Gasteiger partial charge is 0.298 e. The summed E-state index contributed by atoms with van der Waals surface area (Å²) in [4.78, 5) is 11.0. The zero-order valence-electron chi connectivity index (χ0n) is 6.48. The van der Waals surface area contributed by atoms with Gasteiger partial charge in [0, 0.05) is 5.41 Å². The van der Waals surface area contributed by atoms with Crippen LogP contribution in [0.5, 0.6) is 0 Å². The minimum atomic E-state index is -0.330. The van der Waals surface area contributed by atoms with Crippen molar-refractivity contribution in [1.82, 2.24) is 0 Å². The van der Waals surface area contributed by atoms with E-state index in [1.807, 2.05) is 13.8 Å². The number of allylic oxidation sites excluding steroid dienone is 1. The van der Waals surface area contributed by atoms with Crippen LogP contribution in [0.2, 0.25) is 0 Å². The van der Waals surface area contributed by atoms with Gasteiger partial charge in [-0.15, -0.1) is 18.2 Å². The first-order valence-corrected chi connectivity index (χ1v) is 3.78. The molecule has 2 heteroatoms. The maximum Gasteiger partial charge on any atom is 0.153 e. The second kappa shape index (κ2) is 3.77. The van der Waals surface area contributed by atoms with Crippen LogP contribution in [0.25, 0.3) is 0 Å². The molecule has 0 radical (unpaired) electrons. The van der Waals surface area contributed by atoms with Crippen LogP contribution in [0.4, 0.5) is 0 Å². The Labute approximate surface area is 67.1 Å². The molecule has 0 atom stereocenters. The van der Waals surface area contributed by atoms with Crippen LogP contribution in [0.1, 0.15) is 20.3 Å². The zero-order chi connectivity index (χ0) is 8.20. The summed E-state index contributed by atoms with van der Waals surface area (Å²) in [7, 11) is 0. The molecule has 0 aromatic rings. The molecule has 0 spiro atoms. The van der Waals surface area contributed by atoms with Gasteiger partial charge in [0.25, 0.3) is 0 Å². The SMILES string of the molecule is C=CCC(C)(C)C(=O)CCl. The Morgan fingerprint density at radius 2 is 2.20 bits per heavy atom. The number of halogens is 1. The molecule has 0 heterocycles. The second-order valence-corrected chi connectivity index (χ2v) is 3.20. The highest BCUT2D eigenvalue weighted by Gasteiger charge is 2.24. The lowest BCUT2D eigenvalue weighted by molar-refractivity contribution is -0.124. The molecule has 0 N–H and O–H groups in total. The second-order valence-electron chi connectivity index (χ2n) is 2.93. The number of Topliss-reactive ketones (excluding diaryl/α,β-unsaturated/α-hetero) is 1. The van der Waals surface area contributed by atoms with Gasteiger partial charge < -0.3 is 0 Å². The van der Waals surface area contributed by atoms with Gasteiger partial charge >= 0.3 is 0 Å². The predicted molar refractivity (Wildman–Crippen MR) is 44.3 cm³/mol. The topological polar surface area (TPSA) is 17.1 Å². The van der Waals surface area contributed by atoms with E-state index >= 15 is 0 Å². The van der Waals surface area contributed by atoms with E-state index in [4.69, 9.17) is 11.6 Å². The molecule has 1 nitrogen and oxygen atoms in total. The van der Waals surface area contributed by atoms with Gasteiger partial charge in [0.05, 0.1) is 5.88 Å². The fourth-order valence-corrected chi connectivity index (χ4v) is 1.02. The van der Waals surface area contributed by atoms with E-state index in [1.54, 1.807) is 6.08 Å². The standard InChI is InChI=1S/C8H13ClO/c1-4-5-8(2,3)7(10)6-9/h4H,1,5-6H2,2-3H3. The lowest BCUT2D eigenvalue weighted by Crippen LogP contribution is -2.24. The summed E-state index contributed by atoms with van der Waals surface area (Å²) < 4.78 is 0. The Morgan fingerprint density at radius 1 is 1.70 bits per heavy atom. The number of carbonyl (C=O) groups excluding carboxylic acids is 1. The number of hydrogen-bond donors (Lipinski definition) is 0. The number of carbonyl (C=O) groups is 1. The van der Waals surface area contributed by atoms with Crippen molar-refractivity contribution in [3.8, 4) is 0 Å². The molecule has 0 bridgehead atoms. The van der Waals surface area contributed by atoms with Crippen molar-refractivity contribution in [2.24, 2.45) is 5.41 Å². The fourth-order valence-electron chi connectivity index (χ4n) is 0.656. The average molecular weight is 161 g/mol. The van der Waals surface area contributed by atoms with Gasteiger partial charge in [-0.2, -0.15) is 0 Å². The maximum absolute atomic E-state index is 11.0. The van der Waals surface area contributed by atoms with Gasteiger partial charge in [-0.05, 0) is 6.42 Å². The molecule has 0 unspecified atom stereocenters. The first-order chi connectivity index (χ1) is 4.54. The van der Waals surface area contributed by atoms with Crippen LogP contribution in [-0.4, -0.2) is 11.7 Å². The van der Waals surface area contributed by atoms with Gasteiger partial charge in [0.2, 0.25) is 0 Å². The van der Waals surface area contributed by atoms with E-state index < -0.39 is 0 Å². The number of ketones is 1. The molecule has 0 fully saturated rings. The third kappa shape index (κ3) is 2.53. The molecule has 0 rings (SSSR count). The van der Waals surface area contributed by atoms with E-state index in [1.165, 1.54) is 0 Å². The van der Waals surface area contributed by atoms with Crippen LogP contribution in [-0.2, 0) is 4.79 Å². The summed E-state index contributed by atoms with van der Waals surface area (Å²) >= 11 is 5.39. The van der Waals surface area contributed by atoms with Gasteiger partial charge in [-0.3, -0.25) is 4.79 Å². The molecular weight excluding hydrogens is 148 g/mol. The molecule has 0 aliphatic rings. The average Bonchev–Trinajstić information content (AvgIpc) is 1.86. The molecule has 0 saturated heterocycles. The van der Waals surface area contributed by atoms with Crippen LogP contribution >= 0.6 is 11.6 Å². The van der Waals surface area contributed by atoms with Crippen molar-refractivity contribution in [2.45, 2.75) is 20.3 Å². The van der Waals surface area contributed by atoms with Crippen molar-refractivity contribution in [2.75, 3.05) is 5.88 Å². The number of rotatable bonds is 4. The predicted octanol–water partition coefficient (Wildman–Crippen LogP) is 2.40. The molecule has 0 aromatic carbocycles. The third-order valence-electron chi connectivity index (χ3n) is 1.53. The minimum Gasteiger partial charge on any atom is -0.298 e. The highest BCUT2D eigenvalue weighted by atomic mass is 35.5. The maximum atomic E-state index is 11.0. The molecule has 0 amide bonds. The van der Waals surface area contributed by atoms with E-state index in [-0.39, 0.29) is 17.1 Å². The minimum absolute atomic E-state index is 0.0778. The first-order valence-electron chi connectivity index (χ1n) is 3.24. The fraction of sp³-hybridized carbons (Fsp3) is 0.625. The van der Waals surface area contributed by atoms with Crippen molar-refractivity contribution in [1.29, 1.82) is 0 Å². The molecular formula is C8H13ClO. The Bertz CT molecular complexity index is 138.